The van der Waals surface area contributed by atoms with Crippen molar-refractivity contribution in [2.45, 2.75) is 38.5 Å². The maximum atomic E-state index is 14.3. The number of hydrogen-bond donors (Lipinski definition) is 3. The van der Waals surface area contributed by atoms with Crippen molar-refractivity contribution < 1.29 is 23.4 Å². The molecule has 186 valence electrons. The molecule has 0 radical (unpaired) electrons. The molecule has 0 amide bonds. The van der Waals surface area contributed by atoms with Gasteiger partial charge in [-0.25, -0.2) is 28.4 Å². The molecule has 3 aromatic heterocycles. The summed E-state index contributed by atoms with van der Waals surface area (Å²) in [6, 6.07) is 7.47. The van der Waals surface area contributed by atoms with Crippen LogP contribution in [0.5, 0.6) is 0 Å². The quantitative estimate of drug-likeness (QED) is 0.344. The van der Waals surface area contributed by atoms with E-state index in [4.69, 9.17) is 10.5 Å². The van der Waals surface area contributed by atoms with Gasteiger partial charge in [-0.3, -0.25) is 4.79 Å². The van der Waals surface area contributed by atoms with E-state index in [0.717, 1.165) is 6.20 Å². The number of ether oxygens (including phenoxy) is 1. The van der Waals surface area contributed by atoms with E-state index < -0.39 is 29.2 Å². The Labute approximate surface area is 204 Å². The maximum Gasteiger partial charge on any atom is 0.306 e. The number of nitrogen functional groups attached to an aromatic ring is 1. The van der Waals surface area contributed by atoms with Gasteiger partial charge in [-0.15, -0.1) is 0 Å². The third-order valence-electron chi connectivity index (χ3n) is 6.25. The minimum absolute atomic E-state index is 0.0204. The Morgan fingerprint density at radius 3 is 2.83 bits per heavy atom. The summed E-state index contributed by atoms with van der Waals surface area (Å²) in [6.45, 7) is 3.58. The first-order valence-corrected chi connectivity index (χ1v) is 11.2. The molecular weight excluding hydrogens is 472 g/mol. The number of carbonyl (C=O) groups excluding carboxylic acids is 1. The Balaban J connectivity index is 1.61. The van der Waals surface area contributed by atoms with Gasteiger partial charge < -0.3 is 20.9 Å². The number of esters is 1. The number of pyridine rings is 1. The molecule has 0 fully saturated rings. The molecular formula is C24H23F2N7O3. The molecule has 1 aliphatic rings. The van der Waals surface area contributed by atoms with Crippen molar-refractivity contribution >= 4 is 28.6 Å². The predicted molar refractivity (Wildman–Crippen MR) is 127 cm³/mol. The van der Waals surface area contributed by atoms with Gasteiger partial charge in [0.15, 0.2) is 11.5 Å². The number of halogens is 2. The van der Waals surface area contributed by atoms with Crippen molar-refractivity contribution in [2.24, 2.45) is 0 Å². The SMILES string of the molecule is CCOC(=O)CC1(C)c2c(N)nc(-c3nn(Cc4ccccc4F)c4ncc(F)cc34)nc2NC1O. The fraction of sp³-hybridized carbons (Fsp3) is 0.292. The van der Waals surface area contributed by atoms with Crippen molar-refractivity contribution in [3.63, 3.8) is 0 Å². The highest BCUT2D eigenvalue weighted by molar-refractivity contribution is 5.90. The smallest absolute Gasteiger partial charge is 0.306 e. The zero-order valence-corrected chi connectivity index (χ0v) is 19.5. The minimum atomic E-state index is -1.18. The molecule has 4 heterocycles. The fourth-order valence-electron chi connectivity index (χ4n) is 4.47. The average Bonchev–Trinajstić information content (AvgIpc) is 3.29. The first-order valence-electron chi connectivity index (χ1n) is 11.2. The number of benzene rings is 1. The zero-order chi connectivity index (χ0) is 25.6. The van der Waals surface area contributed by atoms with Crippen molar-refractivity contribution in [3.05, 3.63) is 59.3 Å². The predicted octanol–water partition coefficient (Wildman–Crippen LogP) is 2.75. The zero-order valence-electron chi connectivity index (χ0n) is 19.5. The van der Waals surface area contributed by atoms with Gasteiger partial charge in [-0.1, -0.05) is 25.1 Å². The second kappa shape index (κ2) is 8.79. The van der Waals surface area contributed by atoms with Crippen molar-refractivity contribution in [3.8, 4) is 11.5 Å². The van der Waals surface area contributed by atoms with Crippen LogP contribution in [-0.4, -0.2) is 48.6 Å². The number of hydrogen-bond acceptors (Lipinski definition) is 9. The second-order valence-electron chi connectivity index (χ2n) is 8.72. The highest BCUT2D eigenvalue weighted by Crippen LogP contribution is 2.45. The molecule has 36 heavy (non-hydrogen) atoms. The molecule has 12 heteroatoms. The monoisotopic (exact) mass is 495 g/mol. The fourth-order valence-corrected chi connectivity index (χ4v) is 4.47. The van der Waals surface area contributed by atoms with E-state index in [-0.39, 0.29) is 42.7 Å². The van der Waals surface area contributed by atoms with Crippen LogP contribution in [0.2, 0.25) is 0 Å². The van der Waals surface area contributed by atoms with E-state index in [2.05, 4.69) is 25.4 Å². The van der Waals surface area contributed by atoms with Gasteiger partial charge in [-0.05, 0) is 19.1 Å². The molecule has 0 aliphatic carbocycles. The molecule has 1 aliphatic heterocycles. The molecule has 0 saturated heterocycles. The van der Waals surface area contributed by atoms with Crippen molar-refractivity contribution in [2.75, 3.05) is 17.7 Å². The van der Waals surface area contributed by atoms with E-state index in [1.165, 1.54) is 16.8 Å². The van der Waals surface area contributed by atoms with Gasteiger partial charge in [-0.2, -0.15) is 5.10 Å². The molecule has 0 spiro atoms. The number of aliphatic hydroxyl groups is 1. The average molecular weight is 495 g/mol. The number of rotatable bonds is 6. The Morgan fingerprint density at radius 1 is 1.31 bits per heavy atom. The van der Waals surface area contributed by atoms with Gasteiger partial charge in [0.25, 0.3) is 0 Å². The van der Waals surface area contributed by atoms with Gasteiger partial charge in [0.2, 0.25) is 0 Å². The normalized spacial score (nSPS) is 18.8. The summed E-state index contributed by atoms with van der Waals surface area (Å²) in [4.78, 5) is 25.2. The van der Waals surface area contributed by atoms with Gasteiger partial charge >= 0.3 is 5.97 Å². The Morgan fingerprint density at radius 2 is 2.08 bits per heavy atom. The first-order chi connectivity index (χ1) is 17.2. The van der Waals surface area contributed by atoms with Crippen LogP contribution in [0, 0.1) is 11.6 Å². The standard InChI is InChI=1S/C24H23F2N7O3/c1-3-36-16(34)9-24(2)17-19(27)29-21(30-20(17)31-23(24)35)18-14-8-13(25)10-28-22(14)33(32-18)11-12-6-4-5-7-15(12)26/h4-8,10,23,35H,3,9,11H2,1-2H3,(H3,27,29,30,31). The van der Waals surface area contributed by atoms with Gasteiger partial charge in [0.1, 0.15) is 35.2 Å². The van der Waals surface area contributed by atoms with E-state index >= 15 is 0 Å². The molecule has 1 aromatic carbocycles. The van der Waals surface area contributed by atoms with E-state index in [1.54, 1.807) is 32.0 Å². The minimum Gasteiger partial charge on any atom is -0.466 e. The second-order valence-corrected chi connectivity index (χ2v) is 8.72. The van der Waals surface area contributed by atoms with Crippen LogP contribution in [0.15, 0.2) is 36.5 Å². The number of carbonyl (C=O) groups is 1. The number of nitrogens with zero attached hydrogens (tertiary/aromatic N) is 5. The molecule has 2 unspecified atom stereocenters. The molecule has 0 bridgehead atoms. The maximum absolute atomic E-state index is 14.3. The molecule has 4 aromatic rings. The third kappa shape index (κ3) is 3.88. The number of nitrogens with two attached hydrogens (primary N) is 1. The summed E-state index contributed by atoms with van der Waals surface area (Å²) >= 11 is 0. The van der Waals surface area contributed by atoms with Crippen molar-refractivity contribution in [1.82, 2.24) is 24.7 Å². The van der Waals surface area contributed by atoms with E-state index in [9.17, 15) is 18.7 Å². The highest BCUT2D eigenvalue weighted by Gasteiger charge is 2.47. The van der Waals surface area contributed by atoms with Crippen LogP contribution in [0.25, 0.3) is 22.6 Å². The number of aliphatic hydroxyl groups excluding tert-OH is 1. The molecule has 4 N–H and O–H groups in total. The summed E-state index contributed by atoms with van der Waals surface area (Å²) in [5, 5.41) is 18.4. The van der Waals surface area contributed by atoms with Crippen LogP contribution < -0.4 is 11.1 Å². The van der Waals surface area contributed by atoms with Crippen LogP contribution >= 0.6 is 0 Å². The van der Waals surface area contributed by atoms with E-state index in [1.807, 2.05) is 0 Å². The van der Waals surface area contributed by atoms with Crippen LogP contribution in [0.3, 0.4) is 0 Å². The summed E-state index contributed by atoms with van der Waals surface area (Å²) in [7, 11) is 0. The summed E-state index contributed by atoms with van der Waals surface area (Å²) in [6.07, 6.45) is -0.287. The molecule has 2 atom stereocenters. The lowest BCUT2D eigenvalue weighted by atomic mass is 9.80. The lowest BCUT2D eigenvalue weighted by Gasteiger charge is -2.27. The highest BCUT2D eigenvalue weighted by atomic mass is 19.1. The Kier molecular flexibility index (Phi) is 5.75. The first kappa shape index (κ1) is 23.5. The lowest BCUT2D eigenvalue weighted by Crippen LogP contribution is -2.38. The molecule has 10 nitrogen and oxygen atoms in total. The van der Waals surface area contributed by atoms with Crippen molar-refractivity contribution in [1.29, 1.82) is 0 Å². The number of nitrogens with one attached hydrogen (secondary N) is 1. The Hall–Kier alpha value is -4.19. The molecule has 5 rings (SSSR count). The number of fused-ring (bicyclic) bond motifs is 2. The summed E-state index contributed by atoms with van der Waals surface area (Å²) < 4.78 is 34.9. The summed E-state index contributed by atoms with van der Waals surface area (Å²) in [5.41, 5.74) is 6.38. The summed E-state index contributed by atoms with van der Waals surface area (Å²) in [5.74, 6) is -1.22. The lowest BCUT2D eigenvalue weighted by molar-refractivity contribution is -0.145. The Bertz CT molecular complexity index is 1490. The molecule has 0 saturated carbocycles. The van der Waals surface area contributed by atoms with Crippen LogP contribution in [0.4, 0.5) is 20.4 Å². The number of aromatic nitrogens is 5. The van der Waals surface area contributed by atoms with Crippen LogP contribution in [0.1, 0.15) is 31.4 Å². The van der Waals surface area contributed by atoms with Gasteiger partial charge in [0.05, 0.1) is 36.6 Å². The van der Waals surface area contributed by atoms with Gasteiger partial charge in [0, 0.05) is 11.1 Å². The topological polar surface area (TPSA) is 141 Å². The van der Waals surface area contributed by atoms with Crippen LogP contribution in [-0.2, 0) is 21.5 Å². The third-order valence-corrected chi connectivity index (χ3v) is 6.25. The van der Waals surface area contributed by atoms with E-state index in [0.29, 0.717) is 22.2 Å². The number of anilines is 2. The largest absolute Gasteiger partial charge is 0.466 e.